The van der Waals surface area contributed by atoms with E-state index in [0.717, 1.165) is 22.8 Å². The van der Waals surface area contributed by atoms with E-state index in [1.807, 2.05) is 42.6 Å². The van der Waals surface area contributed by atoms with Crippen molar-refractivity contribution in [3.8, 4) is 5.69 Å². The van der Waals surface area contributed by atoms with Crippen molar-refractivity contribution in [3.05, 3.63) is 108 Å². The number of carboxylic acids is 1. The summed E-state index contributed by atoms with van der Waals surface area (Å²) in [7, 11) is 0. The Bertz CT molecular complexity index is 1240. The van der Waals surface area contributed by atoms with E-state index in [1.54, 1.807) is 36.7 Å². The van der Waals surface area contributed by atoms with Crippen molar-refractivity contribution in [1.29, 1.82) is 0 Å². The number of aromatic nitrogens is 2. The second-order valence-electron chi connectivity index (χ2n) is 7.49. The number of carbonyl (C=O) groups is 1. The maximum absolute atomic E-state index is 11.3. The lowest BCUT2D eigenvalue weighted by Crippen LogP contribution is -2.29. The van der Waals surface area contributed by atoms with Gasteiger partial charge >= 0.3 is 5.97 Å². The maximum atomic E-state index is 11.3. The molecule has 32 heavy (non-hydrogen) atoms. The molecule has 0 spiro atoms. The molecule has 0 amide bonds. The molecule has 0 bridgehead atoms. The Morgan fingerprint density at radius 1 is 1.09 bits per heavy atom. The highest BCUT2D eigenvalue weighted by Crippen LogP contribution is 2.40. The third kappa shape index (κ3) is 3.65. The summed E-state index contributed by atoms with van der Waals surface area (Å²) in [5.74, 6) is -0.140. The molecule has 4 aromatic rings. The number of benzene rings is 1. The van der Waals surface area contributed by atoms with E-state index in [2.05, 4.69) is 25.8 Å². The van der Waals surface area contributed by atoms with Crippen LogP contribution in [0, 0.1) is 0 Å². The monoisotopic (exact) mass is 444 g/mol. The number of pyridine rings is 1. The summed E-state index contributed by atoms with van der Waals surface area (Å²) in [4.78, 5) is 17.9. The first-order chi connectivity index (χ1) is 15.6. The molecule has 3 aromatic heterocycles. The molecule has 0 unspecified atom stereocenters. The number of furan rings is 1. The number of rotatable bonds is 6. The molecular formula is C24H20N4O3S. The third-order valence-corrected chi connectivity index (χ3v) is 5.93. The van der Waals surface area contributed by atoms with Crippen LogP contribution in [0.2, 0.25) is 0 Å². The zero-order valence-corrected chi connectivity index (χ0v) is 17.8. The van der Waals surface area contributed by atoms with Crippen LogP contribution in [0.1, 0.15) is 39.6 Å². The summed E-state index contributed by atoms with van der Waals surface area (Å²) in [6.45, 7) is 0.510. The number of nitrogens with one attached hydrogen (secondary N) is 1. The van der Waals surface area contributed by atoms with Gasteiger partial charge in [-0.2, -0.15) is 0 Å². The van der Waals surface area contributed by atoms with Crippen molar-refractivity contribution < 1.29 is 14.3 Å². The SMILES string of the molecule is O=C(O)c1ccc(-n2cccc2[C@H]2[C@@H](c3ccccn3)NC(=S)N2Cc2ccco2)cc1. The molecule has 0 radical (unpaired) electrons. The van der Waals surface area contributed by atoms with Crippen molar-refractivity contribution in [2.45, 2.75) is 18.6 Å². The quantitative estimate of drug-likeness (QED) is 0.428. The minimum absolute atomic E-state index is 0.156. The van der Waals surface area contributed by atoms with Crippen LogP contribution < -0.4 is 5.32 Å². The van der Waals surface area contributed by atoms with Gasteiger partial charge < -0.3 is 24.3 Å². The van der Waals surface area contributed by atoms with Gasteiger partial charge in [-0.3, -0.25) is 4.98 Å². The average Bonchev–Trinajstić information content (AvgIpc) is 3.56. The summed E-state index contributed by atoms with van der Waals surface area (Å²) in [6, 6.07) is 20.2. The van der Waals surface area contributed by atoms with Gasteiger partial charge in [0.2, 0.25) is 0 Å². The minimum Gasteiger partial charge on any atom is -0.478 e. The van der Waals surface area contributed by atoms with Crippen molar-refractivity contribution >= 4 is 23.3 Å². The first-order valence-corrected chi connectivity index (χ1v) is 10.5. The van der Waals surface area contributed by atoms with Crippen LogP contribution >= 0.6 is 12.2 Å². The summed E-state index contributed by atoms with van der Waals surface area (Å²) in [5, 5.41) is 13.3. The molecule has 0 aliphatic carbocycles. The van der Waals surface area contributed by atoms with Crippen molar-refractivity contribution in [3.63, 3.8) is 0 Å². The summed E-state index contributed by atoms with van der Waals surface area (Å²) < 4.78 is 7.65. The highest BCUT2D eigenvalue weighted by atomic mass is 32.1. The van der Waals surface area contributed by atoms with E-state index in [-0.39, 0.29) is 17.6 Å². The zero-order valence-electron chi connectivity index (χ0n) is 17.0. The van der Waals surface area contributed by atoms with E-state index >= 15 is 0 Å². The third-order valence-electron chi connectivity index (χ3n) is 5.58. The molecule has 1 saturated heterocycles. The second kappa shape index (κ2) is 8.32. The van der Waals surface area contributed by atoms with Crippen LogP contribution in [0.3, 0.4) is 0 Å². The second-order valence-corrected chi connectivity index (χ2v) is 7.88. The molecule has 1 fully saturated rings. The molecule has 2 N–H and O–H groups in total. The highest BCUT2D eigenvalue weighted by molar-refractivity contribution is 7.80. The Morgan fingerprint density at radius 3 is 2.62 bits per heavy atom. The first kappa shape index (κ1) is 20.0. The Balaban J connectivity index is 1.58. The minimum atomic E-state index is -0.950. The van der Waals surface area contributed by atoms with Gasteiger partial charge in [-0.15, -0.1) is 0 Å². The molecule has 2 atom stereocenters. The van der Waals surface area contributed by atoms with Gasteiger partial charge in [0.15, 0.2) is 5.11 Å². The molecule has 4 heterocycles. The predicted molar refractivity (Wildman–Crippen MR) is 122 cm³/mol. The highest BCUT2D eigenvalue weighted by Gasteiger charge is 2.41. The van der Waals surface area contributed by atoms with Gasteiger partial charge in [0.1, 0.15) is 5.76 Å². The van der Waals surface area contributed by atoms with Crippen LogP contribution in [0.4, 0.5) is 0 Å². The fraction of sp³-hybridized carbons (Fsp3) is 0.125. The van der Waals surface area contributed by atoms with Crippen LogP contribution in [-0.2, 0) is 6.54 Å². The molecule has 1 aliphatic heterocycles. The Labute approximate surface area is 189 Å². The van der Waals surface area contributed by atoms with E-state index < -0.39 is 5.97 Å². The fourth-order valence-electron chi connectivity index (χ4n) is 4.10. The van der Waals surface area contributed by atoms with Crippen LogP contribution in [0.5, 0.6) is 0 Å². The molecule has 1 aliphatic rings. The summed E-state index contributed by atoms with van der Waals surface area (Å²) in [5.41, 5.74) is 3.00. The lowest BCUT2D eigenvalue weighted by Gasteiger charge is -2.28. The number of hydrogen-bond acceptors (Lipinski definition) is 4. The van der Waals surface area contributed by atoms with E-state index in [4.69, 9.17) is 16.6 Å². The smallest absolute Gasteiger partial charge is 0.335 e. The Morgan fingerprint density at radius 2 is 1.94 bits per heavy atom. The molecule has 1 aromatic carbocycles. The average molecular weight is 445 g/mol. The molecule has 8 heteroatoms. The first-order valence-electron chi connectivity index (χ1n) is 10.1. The van der Waals surface area contributed by atoms with Crippen LogP contribution in [-0.4, -0.2) is 30.6 Å². The van der Waals surface area contributed by atoms with Crippen LogP contribution in [0.25, 0.3) is 5.69 Å². The van der Waals surface area contributed by atoms with E-state index in [0.29, 0.717) is 11.7 Å². The number of carboxylic acid groups (broad SMARTS) is 1. The van der Waals surface area contributed by atoms with Gasteiger partial charge in [-0.05, 0) is 72.9 Å². The lowest BCUT2D eigenvalue weighted by molar-refractivity contribution is 0.0697. The predicted octanol–water partition coefficient (Wildman–Crippen LogP) is 4.34. The Kier molecular flexibility index (Phi) is 5.20. The fourth-order valence-corrected chi connectivity index (χ4v) is 4.41. The summed E-state index contributed by atoms with van der Waals surface area (Å²) in [6.07, 6.45) is 5.39. The maximum Gasteiger partial charge on any atom is 0.335 e. The molecule has 5 rings (SSSR count). The summed E-state index contributed by atoms with van der Waals surface area (Å²) >= 11 is 5.72. The number of thiocarbonyl (C=S) groups is 1. The van der Waals surface area contributed by atoms with E-state index in [1.165, 1.54) is 0 Å². The van der Waals surface area contributed by atoms with Gasteiger partial charge in [-0.25, -0.2) is 4.79 Å². The van der Waals surface area contributed by atoms with Gasteiger partial charge in [0, 0.05) is 23.8 Å². The van der Waals surface area contributed by atoms with Crippen molar-refractivity contribution in [1.82, 2.24) is 19.8 Å². The van der Waals surface area contributed by atoms with Crippen molar-refractivity contribution in [2.24, 2.45) is 0 Å². The lowest BCUT2D eigenvalue weighted by atomic mass is 10.0. The van der Waals surface area contributed by atoms with Gasteiger partial charge in [0.05, 0.1) is 36.1 Å². The normalized spacial score (nSPS) is 18.0. The van der Waals surface area contributed by atoms with Gasteiger partial charge in [0.25, 0.3) is 0 Å². The largest absolute Gasteiger partial charge is 0.478 e. The Hall–Kier alpha value is -3.91. The number of hydrogen-bond donors (Lipinski definition) is 2. The molecule has 0 saturated carbocycles. The van der Waals surface area contributed by atoms with Crippen LogP contribution in [0.15, 0.2) is 89.8 Å². The zero-order chi connectivity index (χ0) is 22.1. The topological polar surface area (TPSA) is 83.5 Å². The van der Waals surface area contributed by atoms with Crippen molar-refractivity contribution in [2.75, 3.05) is 0 Å². The molecular weight excluding hydrogens is 424 g/mol. The number of aromatic carboxylic acids is 1. The standard InChI is InChI=1S/C24H20N4O3S/c29-23(30)16-8-10-17(11-9-16)27-13-3-7-20(27)22-21(19-6-1-2-12-25-19)26-24(32)28(22)15-18-5-4-14-31-18/h1-14,21-22H,15H2,(H,26,32)(H,29,30)/t21-,22+/m1/s1. The molecule has 7 nitrogen and oxygen atoms in total. The molecule has 160 valence electrons. The number of nitrogens with zero attached hydrogens (tertiary/aromatic N) is 3. The van der Waals surface area contributed by atoms with E-state index in [9.17, 15) is 9.90 Å². The van der Waals surface area contributed by atoms with Gasteiger partial charge in [-0.1, -0.05) is 6.07 Å².